The number of aromatic nitrogens is 2. The fourth-order valence-electron chi connectivity index (χ4n) is 5.48. The molecule has 1 aliphatic carbocycles. The van der Waals surface area contributed by atoms with Crippen molar-refractivity contribution in [2.45, 2.75) is 51.2 Å². The first kappa shape index (κ1) is 21.8. The zero-order valence-electron chi connectivity index (χ0n) is 18.9. The largest absolute Gasteiger partial charge is 0.328 e. The van der Waals surface area contributed by atoms with E-state index in [1.807, 2.05) is 19.1 Å². The zero-order valence-corrected chi connectivity index (χ0v) is 18.9. The van der Waals surface area contributed by atoms with Crippen LogP contribution in [0.3, 0.4) is 0 Å². The molecule has 1 saturated carbocycles. The van der Waals surface area contributed by atoms with Gasteiger partial charge in [0.05, 0.1) is 35.3 Å². The van der Waals surface area contributed by atoms with Crippen molar-refractivity contribution in [1.29, 1.82) is 5.26 Å². The Labute approximate surface area is 197 Å². The third-order valence-electron chi connectivity index (χ3n) is 7.06. The first-order chi connectivity index (χ1) is 16.5. The van der Waals surface area contributed by atoms with E-state index in [2.05, 4.69) is 16.5 Å². The minimum Gasteiger partial charge on any atom is -0.328 e. The van der Waals surface area contributed by atoms with E-state index in [0.29, 0.717) is 16.8 Å². The Morgan fingerprint density at radius 2 is 2.06 bits per heavy atom. The quantitative estimate of drug-likeness (QED) is 0.575. The van der Waals surface area contributed by atoms with Gasteiger partial charge < -0.3 is 15.0 Å². The van der Waals surface area contributed by atoms with E-state index < -0.39 is 0 Å². The van der Waals surface area contributed by atoms with Gasteiger partial charge in [-0.15, -0.1) is 0 Å². The molecule has 1 aromatic heterocycles. The van der Waals surface area contributed by atoms with Gasteiger partial charge in [0.2, 0.25) is 11.8 Å². The van der Waals surface area contributed by atoms with E-state index in [9.17, 15) is 19.6 Å². The second-order valence-electron chi connectivity index (χ2n) is 9.12. The van der Waals surface area contributed by atoms with Crippen LogP contribution in [0, 0.1) is 24.2 Å². The number of carbonyl (C=O) groups is 3. The fourth-order valence-corrected chi connectivity index (χ4v) is 5.48. The van der Waals surface area contributed by atoms with Gasteiger partial charge in [0.25, 0.3) is 0 Å². The molecule has 8 heteroatoms. The summed E-state index contributed by atoms with van der Waals surface area (Å²) in [5, 5.41) is 17.5. The van der Waals surface area contributed by atoms with E-state index in [1.54, 1.807) is 39.9 Å². The molecule has 0 radical (unpaired) electrons. The maximum atomic E-state index is 13.1. The number of hydrogen-bond acceptors (Lipinski definition) is 5. The average molecular weight is 456 g/mol. The highest BCUT2D eigenvalue weighted by Crippen LogP contribution is 2.41. The monoisotopic (exact) mass is 455 g/mol. The second kappa shape index (κ2) is 8.75. The van der Waals surface area contributed by atoms with Crippen LogP contribution in [0.4, 0.5) is 5.69 Å². The lowest BCUT2D eigenvalue weighted by Crippen LogP contribution is -2.47. The number of amides is 2. The summed E-state index contributed by atoms with van der Waals surface area (Å²) < 4.78 is 1.68. The summed E-state index contributed by atoms with van der Waals surface area (Å²) in [6, 6.07) is 14.5. The number of carbonyl (C=O) groups excluding carboxylic acids is 3. The second-order valence-corrected chi connectivity index (χ2v) is 9.12. The molecule has 3 aromatic rings. The molecule has 2 aromatic carbocycles. The molecule has 2 fully saturated rings. The predicted octanol–water partition coefficient (Wildman–Crippen LogP) is 2.98. The lowest BCUT2D eigenvalue weighted by molar-refractivity contribution is -0.139. The number of anilines is 1. The lowest BCUT2D eigenvalue weighted by Gasteiger charge is -2.32. The van der Waals surface area contributed by atoms with Crippen molar-refractivity contribution in [1.82, 2.24) is 14.7 Å². The molecule has 3 unspecified atom stereocenters. The van der Waals surface area contributed by atoms with E-state index in [0.717, 1.165) is 42.1 Å². The molecule has 2 aliphatic rings. The highest BCUT2D eigenvalue weighted by atomic mass is 16.2. The summed E-state index contributed by atoms with van der Waals surface area (Å²) in [4.78, 5) is 39.0. The van der Waals surface area contributed by atoms with Crippen molar-refractivity contribution in [3.8, 4) is 6.07 Å². The molecule has 2 amide bonds. The molecule has 8 nitrogen and oxygen atoms in total. The van der Waals surface area contributed by atoms with Crippen LogP contribution < -0.4 is 5.32 Å². The number of piperidine rings is 1. The molecule has 1 N–H and O–H groups in total. The maximum Gasteiger partial charge on any atom is 0.245 e. The third kappa shape index (κ3) is 3.83. The van der Waals surface area contributed by atoms with Gasteiger partial charge in [0.15, 0.2) is 0 Å². The Morgan fingerprint density at radius 1 is 1.24 bits per heavy atom. The third-order valence-corrected chi connectivity index (χ3v) is 7.06. The molecule has 5 rings (SSSR count). The molecular formula is C26H25N5O3. The van der Waals surface area contributed by atoms with Crippen molar-refractivity contribution in [2.75, 3.05) is 5.32 Å². The first-order valence-electron chi connectivity index (χ1n) is 11.5. The van der Waals surface area contributed by atoms with Crippen LogP contribution in [-0.4, -0.2) is 44.9 Å². The van der Waals surface area contributed by atoms with Crippen LogP contribution in [0.1, 0.15) is 36.1 Å². The van der Waals surface area contributed by atoms with Gasteiger partial charge in [-0.1, -0.05) is 18.2 Å². The van der Waals surface area contributed by atoms with Gasteiger partial charge in [-0.05, 0) is 61.9 Å². The highest BCUT2D eigenvalue weighted by molar-refractivity contribution is 5.96. The fraction of sp³-hybridized carbons (Fsp3) is 0.346. The number of nitrogens with zero attached hydrogens (tertiary/aromatic N) is 4. The molecule has 172 valence electrons. The molecule has 1 saturated heterocycles. The van der Waals surface area contributed by atoms with Crippen LogP contribution in [0.5, 0.6) is 0 Å². The lowest BCUT2D eigenvalue weighted by atomic mass is 10.00. The van der Waals surface area contributed by atoms with Gasteiger partial charge in [-0.25, -0.2) is 0 Å². The topological polar surface area (TPSA) is 108 Å². The molecule has 1 aliphatic heterocycles. The van der Waals surface area contributed by atoms with Gasteiger partial charge in [0.1, 0.15) is 12.8 Å². The van der Waals surface area contributed by atoms with E-state index in [4.69, 9.17) is 0 Å². The van der Waals surface area contributed by atoms with Crippen molar-refractivity contribution in [3.63, 3.8) is 0 Å². The Kier molecular flexibility index (Phi) is 5.62. The standard InChI is InChI=1S/C26H25N5O3/c1-16-22-12-20(28-25(33)11-17-4-2-3-5-19(17)13-27)7-9-23(22)30(29-16)14-26(34)31-21-8-6-18(10-21)24(31)15-32/h2-5,7,9,12,15,18,21,24H,6,8,10-11,14H2,1H3,(H,28,33). The summed E-state index contributed by atoms with van der Waals surface area (Å²) in [6.45, 7) is 1.94. The van der Waals surface area contributed by atoms with Gasteiger partial charge in [-0.2, -0.15) is 10.4 Å². The smallest absolute Gasteiger partial charge is 0.245 e. The Bertz CT molecular complexity index is 1340. The van der Waals surface area contributed by atoms with Crippen molar-refractivity contribution in [2.24, 2.45) is 5.92 Å². The van der Waals surface area contributed by atoms with Crippen LogP contribution in [0.15, 0.2) is 42.5 Å². The predicted molar refractivity (Wildman–Crippen MR) is 126 cm³/mol. The number of aldehydes is 1. The number of nitrogens with one attached hydrogen (secondary N) is 1. The normalized spacial score (nSPS) is 20.9. The highest BCUT2D eigenvalue weighted by Gasteiger charge is 2.47. The maximum absolute atomic E-state index is 13.1. The van der Waals surface area contributed by atoms with E-state index in [-0.39, 0.29) is 42.8 Å². The molecule has 34 heavy (non-hydrogen) atoms. The number of rotatable bonds is 6. The van der Waals surface area contributed by atoms with Crippen LogP contribution in [-0.2, 0) is 27.3 Å². The van der Waals surface area contributed by atoms with E-state index in [1.165, 1.54) is 0 Å². The minimum absolute atomic E-state index is 0.0779. The zero-order chi connectivity index (χ0) is 23.8. The molecule has 0 spiro atoms. The summed E-state index contributed by atoms with van der Waals surface area (Å²) >= 11 is 0. The summed E-state index contributed by atoms with van der Waals surface area (Å²) in [7, 11) is 0. The molecular weight excluding hydrogens is 430 g/mol. The number of fused-ring (bicyclic) bond motifs is 3. The SMILES string of the molecule is Cc1nn(CC(=O)N2C3CCC(C3)C2C=O)c2ccc(NC(=O)Cc3ccccc3C#N)cc12. The van der Waals surface area contributed by atoms with Gasteiger partial charge in [0, 0.05) is 17.1 Å². The van der Waals surface area contributed by atoms with Crippen molar-refractivity contribution < 1.29 is 14.4 Å². The van der Waals surface area contributed by atoms with Crippen LogP contribution >= 0.6 is 0 Å². The Hall–Kier alpha value is -3.99. The van der Waals surface area contributed by atoms with Gasteiger partial charge >= 0.3 is 0 Å². The molecule has 2 bridgehead atoms. The van der Waals surface area contributed by atoms with Crippen LogP contribution in [0.25, 0.3) is 10.9 Å². The number of likely N-dealkylation sites (tertiary alicyclic amines) is 1. The summed E-state index contributed by atoms with van der Waals surface area (Å²) in [5.41, 5.74) is 3.33. The van der Waals surface area contributed by atoms with Gasteiger partial charge in [-0.3, -0.25) is 14.3 Å². The number of nitriles is 1. The number of hydrogen-bond donors (Lipinski definition) is 1. The van der Waals surface area contributed by atoms with Crippen LogP contribution in [0.2, 0.25) is 0 Å². The Morgan fingerprint density at radius 3 is 2.85 bits per heavy atom. The Balaban J connectivity index is 1.32. The minimum atomic E-state index is -0.317. The van der Waals surface area contributed by atoms with Crippen molar-refractivity contribution in [3.05, 3.63) is 59.3 Å². The summed E-state index contributed by atoms with van der Waals surface area (Å²) in [5.74, 6) is -0.0117. The average Bonchev–Trinajstić information content (AvgIpc) is 3.53. The number of benzene rings is 2. The van der Waals surface area contributed by atoms with Crippen molar-refractivity contribution >= 4 is 34.7 Å². The first-order valence-corrected chi connectivity index (χ1v) is 11.5. The summed E-state index contributed by atoms with van der Waals surface area (Å²) in [6.07, 6.45) is 3.90. The molecule has 3 atom stereocenters. The number of aryl methyl sites for hydroxylation is 1. The molecule has 2 heterocycles. The van der Waals surface area contributed by atoms with E-state index >= 15 is 0 Å².